The summed E-state index contributed by atoms with van der Waals surface area (Å²) in [7, 11) is 0. The highest BCUT2D eigenvalue weighted by Crippen LogP contribution is 2.28. The van der Waals surface area contributed by atoms with E-state index in [1.165, 1.54) is 11.8 Å². The molecule has 0 aliphatic rings. The van der Waals surface area contributed by atoms with E-state index in [2.05, 4.69) is 31.2 Å². The zero-order valence-corrected chi connectivity index (χ0v) is 20.7. The van der Waals surface area contributed by atoms with Gasteiger partial charge in [0.2, 0.25) is 11.1 Å². The summed E-state index contributed by atoms with van der Waals surface area (Å²) in [5, 5.41) is 21.8. The van der Waals surface area contributed by atoms with Crippen LogP contribution in [0.3, 0.4) is 0 Å². The van der Waals surface area contributed by atoms with Gasteiger partial charge in [-0.1, -0.05) is 30.3 Å². The molecule has 4 N–H and O–H groups in total. The minimum atomic E-state index is -0.0936. The van der Waals surface area contributed by atoms with E-state index in [-0.39, 0.29) is 18.5 Å². The van der Waals surface area contributed by atoms with E-state index in [9.17, 15) is 4.79 Å². The molecular formula is C26H26N8OS. The molecule has 0 bridgehead atoms. The summed E-state index contributed by atoms with van der Waals surface area (Å²) in [5.41, 5.74) is 3.69. The molecule has 0 unspecified atom stereocenters. The van der Waals surface area contributed by atoms with Crippen LogP contribution in [0.4, 0.5) is 17.3 Å². The molecule has 5 rings (SSSR count). The Balaban J connectivity index is 1.21. The number of rotatable bonds is 9. The number of aryl methyl sites for hydroxylation is 1. The van der Waals surface area contributed by atoms with Crippen molar-refractivity contribution in [2.24, 2.45) is 0 Å². The van der Waals surface area contributed by atoms with Gasteiger partial charge in [0, 0.05) is 34.6 Å². The molecule has 0 saturated carbocycles. The van der Waals surface area contributed by atoms with Crippen LogP contribution >= 0.6 is 11.8 Å². The number of carbonyl (C=O) groups excluding carboxylic acids is 1. The summed E-state index contributed by atoms with van der Waals surface area (Å²) < 4.78 is 1.79. The first kappa shape index (κ1) is 23.6. The fraction of sp³-hybridized carbons (Fsp3) is 0.154. The number of carbonyl (C=O) groups is 1. The van der Waals surface area contributed by atoms with E-state index < -0.39 is 0 Å². The third-order valence-electron chi connectivity index (χ3n) is 5.54. The van der Waals surface area contributed by atoms with Crippen molar-refractivity contribution in [2.45, 2.75) is 29.9 Å². The minimum Gasteiger partial charge on any atom is -0.325 e. The topological polar surface area (TPSA) is 112 Å². The molecule has 2 aromatic carbocycles. The minimum absolute atomic E-state index is 0.0878. The Morgan fingerprint density at radius 2 is 1.89 bits per heavy atom. The Morgan fingerprint density at radius 3 is 2.64 bits per heavy atom. The fourth-order valence-electron chi connectivity index (χ4n) is 3.68. The van der Waals surface area contributed by atoms with Gasteiger partial charge in [0.25, 0.3) is 0 Å². The molecule has 0 aliphatic heterocycles. The van der Waals surface area contributed by atoms with E-state index in [0.717, 1.165) is 27.4 Å². The Kier molecular flexibility index (Phi) is 6.96. The SMILES string of the molecule is Cc1cc(Nc2nc(Sc3ccc(NC(=O)CN[C@H](C)c4ccccc4)cc3)nn3cccc23)n[nH]1. The average Bonchev–Trinajstić information content (AvgIpc) is 3.53. The molecule has 36 heavy (non-hydrogen) atoms. The van der Waals surface area contributed by atoms with Crippen LogP contribution in [-0.4, -0.2) is 37.2 Å². The molecule has 0 aliphatic carbocycles. The number of benzene rings is 2. The van der Waals surface area contributed by atoms with Crippen LogP contribution in [0, 0.1) is 6.92 Å². The van der Waals surface area contributed by atoms with E-state index in [1.54, 1.807) is 4.52 Å². The van der Waals surface area contributed by atoms with Crippen LogP contribution in [0.25, 0.3) is 5.52 Å². The van der Waals surface area contributed by atoms with E-state index in [0.29, 0.717) is 16.8 Å². The number of nitrogens with zero attached hydrogens (tertiary/aromatic N) is 4. The summed E-state index contributed by atoms with van der Waals surface area (Å²) in [5.74, 6) is 1.27. The number of H-pyrrole nitrogens is 1. The molecule has 1 amide bonds. The third-order valence-corrected chi connectivity index (χ3v) is 6.40. The van der Waals surface area contributed by atoms with Crippen molar-refractivity contribution in [3.8, 4) is 0 Å². The number of amides is 1. The molecular weight excluding hydrogens is 472 g/mol. The van der Waals surface area contributed by atoms with Gasteiger partial charge in [-0.15, -0.1) is 5.10 Å². The Hall–Kier alpha value is -4.15. The molecule has 0 spiro atoms. The average molecular weight is 499 g/mol. The van der Waals surface area contributed by atoms with Gasteiger partial charge in [0.15, 0.2) is 11.6 Å². The summed E-state index contributed by atoms with van der Waals surface area (Å²) in [6.07, 6.45) is 1.88. The van der Waals surface area contributed by atoms with Crippen LogP contribution in [0.2, 0.25) is 0 Å². The van der Waals surface area contributed by atoms with Gasteiger partial charge in [-0.2, -0.15) is 5.10 Å². The predicted molar refractivity (Wildman–Crippen MR) is 142 cm³/mol. The highest BCUT2D eigenvalue weighted by Gasteiger charge is 2.12. The van der Waals surface area contributed by atoms with Crippen molar-refractivity contribution in [3.63, 3.8) is 0 Å². The van der Waals surface area contributed by atoms with Crippen molar-refractivity contribution in [1.29, 1.82) is 0 Å². The fourth-order valence-corrected chi connectivity index (χ4v) is 4.42. The van der Waals surface area contributed by atoms with Gasteiger partial charge in [-0.05, 0) is 67.6 Å². The maximum atomic E-state index is 12.4. The Labute approximate surface area is 212 Å². The first-order valence-corrected chi connectivity index (χ1v) is 12.4. The largest absolute Gasteiger partial charge is 0.325 e. The monoisotopic (exact) mass is 498 g/mol. The lowest BCUT2D eigenvalue weighted by Gasteiger charge is -2.14. The highest BCUT2D eigenvalue weighted by molar-refractivity contribution is 7.99. The summed E-state index contributed by atoms with van der Waals surface area (Å²) in [4.78, 5) is 18.0. The number of anilines is 3. The second-order valence-electron chi connectivity index (χ2n) is 8.33. The first-order chi connectivity index (χ1) is 17.5. The van der Waals surface area contributed by atoms with Crippen molar-refractivity contribution >= 4 is 40.5 Å². The van der Waals surface area contributed by atoms with Crippen molar-refractivity contribution in [3.05, 3.63) is 90.3 Å². The van der Waals surface area contributed by atoms with Crippen LogP contribution in [-0.2, 0) is 4.79 Å². The molecule has 3 heterocycles. The van der Waals surface area contributed by atoms with Gasteiger partial charge in [0.1, 0.15) is 5.52 Å². The molecule has 0 radical (unpaired) electrons. The Bertz CT molecular complexity index is 1460. The molecule has 0 fully saturated rings. The van der Waals surface area contributed by atoms with Gasteiger partial charge >= 0.3 is 0 Å². The lowest BCUT2D eigenvalue weighted by Crippen LogP contribution is -2.30. The standard InChI is InChI=1S/C26H26N8OS/c1-17-15-23(32-31-17)29-25-22-9-6-14-34(22)33-26(30-25)36-21-12-10-20(11-13-21)28-24(35)16-27-18(2)19-7-4-3-5-8-19/h3-15,18,27H,16H2,1-2H3,(H,28,35)(H2,29,30,31,32,33)/t18-/m1/s1. The van der Waals surface area contributed by atoms with E-state index in [4.69, 9.17) is 4.98 Å². The second kappa shape index (κ2) is 10.6. The normalized spacial score (nSPS) is 11.9. The van der Waals surface area contributed by atoms with Gasteiger partial charge in [-0.3, -0.25) is 9.89 Å². The molecule has 9 nitrogen and oxygen atoms in total. The quantitative estimate of drug-likeness (QED) is 0.228. The molecule has 0 saturated heterocycles. The number of aromatic nitrogens is 5. The molecule has 5 aromatic rings. The van der Waals surface area contributed by atoms with Crippen LogP contribution < -0.4 is 16.0 Å². The van der Waals surface area contributed by atoms with E-state index >= 15 is 0 Å². The number of fused-ring (bicyclic) bond motifs is 1. The van der Waals surface area contributed by atoms with Crippen molar-refractivity contribution in [1.82, 2.24) is 30.1 Å². The second-order valence-corrected chi connectivity index (χ2v) is 9.37. The van der Waals surface area contributed by atoms with Gasteiger partial charge in [0.05, 0.1) is 6.54 Å². The van der Waals surface area contributed by atoms with Gasteiger partial charge < -0.3 is 16.0 Å². The zero-order valence-electron chi connectivity index (χ0n) is 19.9. The third kappa shape index (κ3) is 5.73. The lowest BCUT2D eigenvalue weighted by molar-refractivity contribution is -0.115. The molecule has 10 heteroatoms. The van der Waals surface area contributed by atoms with E-state index in [1.807, 2.05) is 92.8 Å². The maximum absolute atomic E-state index is 12.4. The Morgan fingerprint density at radius 1 is 1.08 bits per heavy atom. The first-order valence-electron chi connectivity index (χ1n) is 11.5. The van der Waals surface area contributed by atoms with Crippen LogP contribution in [0.1, 0.15) is 24.2 Å². The number of hydrogen-bond acceptors (Lipinski definition) is 7. The predicted octanol–water partition coefficient (Wildman–Crippen LogP) is 4.94. The van der Waals surface area contributed by atoms with Gasteiger partial charge in [-0.25, -0.2) is 9.50 Å². The van der Waals surface area contributed by atoms with Crippen molar-refractivity contribution < 1.29 is 4.79 Å². The number of aromatic amines is 1. The highest BCUT2D eigenvalue weighted by atomic mass is 32.2. The maximum Gasteiger partial charge on any atom is 0.238 e. The summed E-state index contributed by atoms with van der Waals surface area (Å²) in [6.45, 7) is 4.21. The number of hydrogen-bond donors (Lipinski definition) is 4. The van der Waals surface area contributed by atoms with Crippen molar-refractivity contribution in [2.75, 3.05) is 17.2 Å². The van der Waals surface area contributed by atoms with Crippen LogP contribution in [0.5, 0.6) is 0 Å². The lowest BCUT2D eigenvalue weighted by atomic mass is 10.1. The number of nitrogens with one attached hydrogen (secondary N) is 4. The summed E-state index contributed by atoms with van der Waals surface area (Å²) in [6, 6.07) is 23.6. The smallest absolute Gasteiger partial charge is 0.238 e. The van der Waals surface area contributed by atoms with Crippen LogP contribution in [0.15, 0.2) is 89.0 Å². The molecule has 182 valence electrons. The summed E-state index contributed by atoms with van der Waals surface area (Å²) >= 11 is 1.44. The zero-order chi connectivity index (χ0) is 24.9. The molecule has 1 atom stereocenters. The molecule has 3 aromatic heterocycles.